The lowest BCUT2D eigenvalue weighted by Gasteiger charge is -2.00. The van der Waals surface area contributed by atoms with E-state index in [9.17, 15) is 0 Å². The zero-order valence-electron chi connectivity index (χ0n) is 6.93. The summed E-state index contributed by atoms with van der Waals surface area (Å²) in [6.07, 6.45) is 2.84. The number of hydrogen-bond acceptors (Lipinski definition) is 6. The van der Waals surface area contributed by atoms with E-state index in [1.54, 1.807) is 0 Å². The maximum Gasteiger partial charge on any atom is 0.184 e. The molecular formula is C6H8N6O. The van der Waals surface area contributed by atoms with Gasteiger partial charge in [0.05, 0.1) is 7.11 Å². The molecule has 0 amide bonds. The highest BCUT2D eigenvalue weighted by atomic mass is 16.6. The molecule has 0 unspecified atom stereocenters. The van der Waals surface area contributed by atoms with Gasteiger partial charge in [-0.1, -0.05) is 0 Å². The number of imidazole rings is 1. The summed E-state index contributed by atoms with van der Waals surface area (Å²) in [5.74, 6) is 6.03. The highest BCUT2D eigenvalue weighted by molar-refractivity contribution is 5.82. The van der Waals surface area contributed by atoms with Crippen molar-refractivity contribution < 1.29 is 4.84 Å². The molecule has 0 aliphatic carbocycles. The lowest BCUT2D eigenvalue weighted by atomic mass is 10.5. The normalized spacial score (nSPS) is 10.5. The monoisotopic (exact) mass is 180 g/mol. The second kappa shape index (κ2) is 2.87. The molecule has 7 heteroatoms. The van der Waals surface area contributed by atoms with E-state index < -0.39 is 0 Å². The summed E-state index contributed by atoms with van der Waals surface area (Å²) in [6, 6.07) is 0. The zero-order chi connectivity index (χ0) is 9.26. The molecule has 7 nitrogen and oxygen atoms in total. The first-order valence-corrected chi connectivity index (χ1v) is 3.55. The minimum Gasteiger partial charge on any atom is -0.336 e. The first-order chi connectivity index (χ1) is 6.33. The van der Waals surface area contributed by atoms with Gasteiger partial charge >= 0.3 is 0 Å². The minimum atomic E-state index is 0.497. The van der Waals surface area contributed by atoms with Crippen LogP contribution in [0.3, 0.4) is 0 Å². The van der Waals surface area contributed by atoms with Gasteiger partial charge < -0.3 is 5.84 Å². The van der Waals surface area contributed by atoms with Crippen LogP contribution in [0.1, 0.15) is 0 Å². The molecule has 2 aromatic rings. The predicted molar refractivity (Wildman–Crippen MR) is 46.1 cm³/mol. The van der Waals surface area contributed by atoms with Gasteiger partial charge in [-0.2, -0.15) is 0 Å². The van der Waals surface area contributed by atoms with Crippen molar-refractivity contribution >= 4 is 17.0 Å². The molecule has 0 saturated heterocycles. The highest BCUT2D eigenvalue weighted by Crippen LogP contribution is 2.14. The Kier molecular flexibility index (Phi) is 1.71. The number of fused-ring (bicyclic) bond motifs is 1. The van der Waals surface area contributed by atoms with Crippen LogP contribution < -0.4 is 11.3 Å². The minimum absolute atomic E-state index is 0.497. The molecule has 2 heterocycles. The topological polar surface area (TPSA) is 90.9 Å². The lowest BCUT2D eigenvalue weighted by Crippen LogP contribution is -2.07. The summed E-state index contributed by atoms with van der Waals surface area (Å²) in [5, 5.41) is 0. The fraction of sp³-hybridized carbons (Fsp3) is 0.167. The molecule has 68 valence electrons. The van der Waals surface area contributed by atoms with Crippen LogP contribution in [0, 0.1) is 0 Å². The Morgan fingerprint density at radius 3 is 3.08 bits per heavy atom. The van der Waals surface area contributed by atoms with E-state index in [1.165, 1.54) is 24.4 Å². The largest absolute Gasteiger partial charge is 0.336 e. The van der Waals surface area contributed by atoms with Gasteiger partial charge in [-0.15, -0.1) is 0 Å². The first-order valence-electron chi connectivity index (χ1n) is 3.55. The van der Waals surface area contributed by atoms with Crippen molar-refractivity contribution in [1.29, 1.82) is 0 Å². The summed E-state index contributed by atoms with van der Waals surface area (Å²) in [6.45, 7) is 0. The van der Waals surface area contributed by atoms with Crippen molar-refractivity contribution in [2.75, 3.05) is 18.4 Å². The van der Waals surface area contributed by atoms with Crippen molar-refractivity contribution in [2.45, 2.75) is 0 Å². The van der Waals surface area contributed by atoms with Crippen LogP contribution in [0.25, 0.3) is 11.2 Å². The second-order valence-electron chi connectivity index (χ2n) is 2.35. The molecule has 0 atom stereocenters. The standard InChI is InChI=1S/C6H8N6O/c1-13-11-5-4-6(9-2-8-5)12(7)3-10-4/h2-3H,7H2,1H3,(H,8,9,11). The van der Waals surface area contributed by atoms with E-state index in [1.807, 2.05) is 0 Å². The Hall–Kier alpha value is -1.89. The van der Waals surface area contributed by atoms with Gasteiger partial charge in [-0.05, 0) is 0 Å². The van der Waals surface area contributed by atoms with Crippen molar-refractivity contribution in [3.05, 3.63) is 12.7 Å². The number of aromatic nitrogens is 4. The van der Waals surface area contributed by atoms with E-state index in [0.717, 1.165) is 0 Å². The third kappa shape index (κ3) is 1.14. The summed E-state index contributed by atoms with van der Waals surface area (Å²) < 4.78 is 1.32. The summed E-state index contributed by atoms with van der Waals surface area (Å²) in [7, 11) is 1.49. The summed E-state index contributed by atoms with van der Waals surface area (Å²) in [5.41, 5.74) is 3.71. The summed E-state index contributed by atoms with van der Waals surface area (Å²) >= 11 is 0. The first kappa shape index (κ1) is 7.74. The molecule has 0 aliphatic heterocycles. The van der Waals surface area contributed by atoms with Gasteiger partial charge in [-0.25, -0.2) is 25.1 Å². The van der Waals surface area contributed by atoms with Gasteiger partial charge in [0.2, 0.25) is 0 Å². The van der Waals surface area contributed by atoms with Gasteiger partial charge in [0.15, 0.2) is 17.0 Å². The Morgan fingerprint density at radius 2 is 2.31 bits per heavy atom. The molecule has 0 radical (unpaired) electrons. The highest BCUT2D eigenvalue weighted by Gasteiger charge is 2.07. The van der Waals surface area contributed by atoms with E-state index >= 15 is 0 Å². The number of hydrogen-bond donors (Lipinski definition) is 2. The van der Waals surface area contributed by atoms with Gasteiger partial charge in [0.1, 0.15) is 12.7 Å². The Balaban J connectivity index is 2.63. The predicted octanol–water partition coefficient (Wildman–Crippen LogP) is -0.487. The molecule has 2 aromatic heterocycles. The van der Waals surface area contributed by atoms with Gasteiger partial charge in [0, 0.05) is 0 Å². The van der Waals surface area contributed by atoms with Crippen molar-refractivity contribution in [2.24, 2.45) is 0 Å². The molecule has 0 spiro atoms. The number of rotatable bonds is 2. The van der Waals surface area contributed by atoms with Crippen LogP contribution in [0.4, 0.5) is 5.82 Å². The number of nitrogens with zero attached hydrogens (tertiary/aromatic N) is 4. The van der Waals surface area contributed by atoms with Crippen LogP contribution in [0.15, 0.2) is 12.7 Å². The molecule has 13 heavy (non-hydrogen) atoms. The maximum absolute atomic E-state index is 5.54. The Bertz CT molecular complexity index is 424. The third-order valence-corrected chi connectivity index (χ3v) is 1.56. The van der Waals surface area contributed by atoms with Gasteiger partial charge in [0.25, 0.3) is 0 Å². The molecule has 3 N–H and O–H groups in total. The quantitative estimate of drug-likeness (QED) is 0.479. The van der Waals surface area contributed by atoms with Crippen molar-refractivity contribution in [3.8, 4) is 0 Å². The average molecular weight is 180 g/mol. The molecule has 0 fully saturated rings. The number of nitrogens with one attached hydrogen (secondary N) is 1. The molecule has 2 rings (SSSR count). The van der Waals surface area contributed by atoms with E-state index in [4.69, 9.17) is 10.7 Å². The fourth-order valence-corrected chi connectivity index (χ4v) is 1.02. The van der Waals surface area contributed by atoms with Gasteiger partial charge in [-0.3, -0.25) is 4.84 Å². The van der Waals surface area contributed by atoms with E-state index in [0.29, 0.717) is 17.0 Å². The fourth-order valence-electron chi connectivity index (χ4n) is 1.02. The van der Waals surface area contributed by atoms with E-state index in [2.05, 4.69) is 20.4 Å². The molecular weight excluding hydrogens is 172 g/mol. The number of anilines is 1. The second-order valence-corrected chi connectivity index (χ2v) is 2.35. The van der Waals surface area contributed by atoms with Crippen LogP contribution in [0.5, 0.6) is 0 Å². The number of nitrogens with two attached hydrogens (primary N) is 1. The molecule has 0 saturated carbocycles. The van der Waals surface area contributed by atoms with E-state index in [-0.39, 0.29) is 0 Å². The Morgan fingerprint density at radius 1 is 1.46 bits per heavy atom. The SMILES string of the molecule is CONc1ncnc2c1ncn2N. The van der Waals surface area contributed by atoms with Crippen LogP contribution in [-0.2, 0) is 4.84 Å². The van der Waals surface area contributed by atoms with Crippen LogP contribution in [0.2, 0.25) is 0 Å². The van der Waals surface area contributed by atoms with Crippen LogP contribution in [-0.4, -0.2) is 26.7 Å². The van der Waals surface area contributed by atoms with Crippen molar-refractivity contribution in [3.63, 3.8) is 0 Å². The maximum atomic E-state index is 5.54. The Labute approximate surface area is 73.5 Å². The average Bonchev–Trinajstić information content (AvgIpc) is 2.50. The molecule has 0 aliphatic rings. The molecule has 0 bridgehead atoms. The molecule has 0 aromatic carbocycles. The lowest BCUT2D eigenvalue weighted by molar-refractivity contribution is 0.269. The van der Waals surface area contributed by atoms with Crippen LogP contribution >= 0.6 is 0 Å². The summed E-state index contributed by atoms with van der Waals surface area (Å²) in [4.78, 5) is 16.6. The third-order valence-electron chi connectivity index (χ3n) is 1.56. The zero-order valence-corrected chi connectivity index (χ0v) is 6.93. The number of nitrogen functional groups attached to an aromatic ring is 1. The smallest absolute Gasteiger partial charge is 0.184 e. The van der Waals surface area contributed by atoms with Crippen molar-refractivity contribution in [1.82, 2.24) is 19.6 Å².